The first kappa shape index (κ1) is 23.4. The van der Waals surface area contributed by atoms with Gasteiger partial charge in [-0.3, -0.25) is 4.90 Å². The first-order valence-corrected chi connectivity index (χ1v) is 11.3. The summed E-state index contributed by atoms with van der Waals surface area (Å²) >= 11 is 12.2. The minimum Gasteiger partial charge on any atom is -0.284 e. The molecule has 1 fully saturated rings. The smallest absolute Gasteiger partial charge is 0.166 e. The second-order valence-electron chi connectivity index (χ2n) is 8.73. The number of nitrogens with zero attached hydrogens (tertiary/aromatic N) is 2. The molecule has 1 saturated heterocycles. The lowest BCUT2D eigenvalue weighted by Crippen LogP contribution is -2.44. The van der Waals surface area contributed by atoms with Crippen molar-refractivity contribution in [1.29, 1.82) is 5.26 Å². The Morgan fingerprint density at radius 1 is 0.909 bits per heavy atom. The van der Waals surface area contributed by atoms with Gasteiger partial charge in [0, 0.05) is 28.7 Å². The largest absolute Gasteiger partial charge is 0.284 e. The van der Waals surface area contributed by atoms with Gasteiger partial charge in [-0.1, -0.05) is 59.6 Å². The molecule has 6 heteroatoms. The predicted molar refractivity (Wildman–Crippen MR) is 129 cm³/mol. The standard InChI is InChI=1S/C27H22Cl2F2N2/c1-27(2,16-32)24(22-4-3-5-23(30)25(22)31)19-14-33(15-19)26(17-6-10-20(28)11-7-17)18-8-12-21(29)13-9-18/h3-13,26H,14-15H2,1-2H3. The van der Waals surface area contributed by atoms with Crippen LogP contribution in [0.3, 0.4) is 0 Å². The van der Waals surface area contributed by atoms with E-state index in [4.69, 9.17) is 23.2 Å². The van der Waals surface area contributed by atoms with Crippen LogP contribution in [0.25, 0.3) is 5.57 Å². The molecule has 0 spiro atoms. The number of hydrogen-bond donors (Lipinski definition) is 0. The van der Waals surface area contributed by atoms with Gasteiger partial charge in [-0.15, -0.1) is 0 Å². The predicted octanol–water partition coefficient (Wildman–Crippen LogP) is 7.68. The van der Waals surface area contributed by atoms with E-state index < -0.39 is 17.0 Å². The molecule has 0 amide bonds. The van der Waals surface area contributed by atoms with E-state index in [1.807, 2.05) is 48.5 Å². The minimum atomic E-state index is -0.980. The normalized spacial score (nSPS) is 14.2. The molecule has 3 aromatic carbocycles. The van der Waals surface area contributed by atoms with E-state index >= 15 is 0 Å². The molecule has 0 bridgehead atoms. The summed E-state index contributed by atoms with van der Waals surface area (Å²) in [6.45, 7) is 4.51. The summed E-state index contributed by atoms with van der Waals surface area (Å²) < 4.78 is 28.8. The van der Waals surface area contributed by atoms with Crippen LogP contribution in [-0.4, -0.2) is 18.0 Å². The van der Waals surface area contributed by atoms with E-state index in [-0.39, 0.29) is 11.6 Å². The fourth-order valence-corrected chi connectivity index (χ4v) is 4.66. The zero-order valence-electron chi connectivity index (χ0n) is 18.2. The maximum absolute atomic E-state index is 14.7. The fourth-order valence-electron chi connectivity index (χ4n) is 4.41. The number of benzene rings is 3. The van der Waals surface area contributed by atoms with Crippen LogP contribution in [0.5, 0.6) is 0 Å². The third-order valence-electron chi connectivity index (χ3n) is 6.00. The molecule has 1 aliphatic heterocycles. The highest BCUT2D eigenvalue weighted by atomic mass is 35.5. The summed E-state index contributed by atoms with van der Waals surface area (Å²) in [5.41, 5.74) is 2.73. The molecule has 0 saturated carbocycles. The summed E-state index contributed by atoms with van der Waals surface area (Å²) in [4.78, 5) is 2.23. The highest BCUT2D eigenvalue weighted by Crippen LogP contribution is 2.44. The van der Waals surface area contributed by atoms with Crippen molar-refractivity contribution in [3.63, 3.8) is 0 Å². The zero-order chi connectivity index (χ0) is 23.8. The van der Waals surface area contributed by atoms with Gasteiger partial charge in [0.15, 0.2) is 11.6 Å². The van der Waals surface area contributed by atoms with Crippen molar-refractivity contribution in [1.82, 2.24) is 4.90 Å². The fraction of sp³-hybridized carbons (Fsp3) is 0.222. The van der Waals surface area contributed by atoms with Crippen LogP contribution >= 0.6 is 23.2 Å². The molecule has 0 unspecified atom stereocenters. The molecule has 0 N–H and O–H groups in total. The summed E-state index contributed by atoms with van der Waals surface area (Å²) in [5, 5.41) is 11.1. The molecule has 0 atom stereocenters. The Morgan fingerprint density at radius 2 is 1.42 bits per heavy atom. The van der Waals surface area contributed by atoms with E-state index in [1.54, 1.807) is 19.9 Å². The van der Waals surface area contributed by atoms with Gasteiger partial charge in [0.1, 0.15) is 0 Å². The second kappa shape index (κ2) is 9.27. The molecule has 1 aliphatic rings. The Hall–Kier alpha value is -2.71. The third-order valence-corrected chi connectivity index (χ3v) is 6.51. The van der Waals surface area contributed by atoms with Gasteiger partial charge in [0.25, 0.3) is 0 Å². The lowest BCUT2D eigenvalue weighted by Gasteiger charge is -2.43. The third kappa shape index (κ3) is 4.68. The number of hydrogen-bond acceptors (Lipinski definition) is 2. The molecule has 1 heterocycles. The van der Waals surface area contributed by atoms with Crippen LogP contribution in [-0.2, 0) is 0 Å². The molecular formula is C27H22Cl2F2N2. The van der Waals surface area contributed by atoms with Crippen LogP contribution in [0, 0.1) is 28.4 Å². The van der Waals surface area contributed by atoms with Crippen LogP contribution in [0.1, 0.15) is 36.6 Å². The first-order chi connectivity index (χ1) is 15.7. The van der Waals surface area contributed by atoms with Crippen molar-refractivity contribution in [3.8, 4) is 6.07 Å². The summed E-state index contributed by atoms with van der Waals surface area (Å²) in [6, 6.07) is 21.6. The second-order valence-corrected chi connectivity index (χ2v) is 9.60. The number of rotatable bonds is 5. The maximum atomic E-state index is 14.7. The van der Waals surface area contributed by atoms with E-state index in [1.165, 1.54) is 6.07 Å². The van der Waals surface area contributed by atoms with Crippen molar-refractivity contribution >= 4 is 28.8 Å². The zero-order valence-corrected chi connectivity index (χ0v) is 19.8. The topological polar surface area (TPSA) is 27.0 Å². The Labute approximate surface area is 202 Å². The molecule has 168 valence electrons. The summed E-state index contributed by atoms with van der Waals surface area (Å²) in [5.74, 6) is -1.84. The molecule has 0 aromatic heterocycles. The van der Waals surface area contributed by atoms with Crippen LogP contribution in [0.4, 0.5) is 8.78 Å². The Kier molecular flexibility index (Phi) is 6.59. The molecule has 2 nitrogen and oxygen atoms in total. The Balaban J connectivity index is 1.76. The number of halogens is 4. The maximum Gasteiger partial charge on any atom is 0.166 e. The lowest BCUT2D eigenvalue weighted by atomic mass is 9.76. The highest BCUT2D eigenvalue weighted by Gasteiger charge is 2.37. The van der Waals surface area contributed by atoms with Gasteiger partial charge in [0.2, 0.25) is 0 Å². The molecule has 33 heavy (non-hydrogen) atoms. The van der Waals surface area contributed by atoms with E-state index in [0.29, 0.717) is 28.7 Å². The van der Waals surface area contributed by atoms with Crippen molar-refractivity contribution in [2.75, 3.05) is 13.1 Å². The van der Waals surface area contributed by atoms with Gasteiger partial charge in [0.05, 0.1) is 17.5 Å². The SMILES string of the molecule is CC(C)(C#N)C(=C1CN(C(c2ccc(Cl)cc2)c2ccc(Cl)cc2)C1)c1cccc(F)c1F. The molecule has 4 rings (SSSR count). The monoisotopic (exact) mass is 482 g/mol. The molecular weight excluding hydrogens is 461 g/mol. The molecule has 0 radical (unpaired) electrons. The van der Waals surface area contributed by atoms with E-state index in [9.17, 15) is 14.0 Å². The minimum absolute atomic E-state index is 0.0768. The lowest BCUT2D eigenvalue weighted by molar-refractivity contribution is 0.201. The van der Waals surface area contributed by atoms with Gasteiger partial charge in [-0.25, -0.2) is 8.78 Å². The average molecular weight is 483 g/mol. The van der Waals surface area contributed by atoms with Gasteiger partial charge in [-0.2, -0.15) is 5.26 Å². The average Bonchev–Trinajstić information content (AvgIpc) is 2.77. The van der Waals surface area contributed by atoms with Crippen LogP contribution < -0.4 is 0 Å². The van der Waals surface area contributed by atoms with Crippen molar-refractivity contribution in [2.45, 2.75) is 19.9 Å². The highest BCUT2D eigenvalue weighted by molar-refractivity contribution is 6.30. The summed E-state index contributed by atoms with van der Waals surface area (Å²) in [7, 11) is 0. The van der Waals surface area contributed by atoms with Crippen molar-refractivity contribution in [2.24, 2.45) is 5.41 Å². The quantitative estimate of drug-likeness (QED) is 0.372. The van der Waals surface area contributed by atoms with Crippen LogP contribution in [0.2, 0.25) is 10.0 Å². The van der Waals surface area contributed by atoms with E-state index in [0.717, 1.165) is 22.8 Å². The number of allylic oxidation sites excluding steroid dienone is 1. The van der Waals surface area contributed by atoms with E-state index in [2.05, 4.69) is 11.0 Å². The summed E-state index contributed by atoms with van der Waals surface area (Å²) in [6.07, 6.45) is 0. The molecule has 0 aliphatic carbocycles. The van der Waals surface area contributed by atoms with Gasteiger partial charge < -0.3 is 0 Å². The van der Waals surface area contributed by atoms with Crippen molar-refractivity contribution in [3.05, 3.63) is 111 Å². The van der Waals surface area contributed by atoms with Crippen LogP contribution in [0.15, 0.2) is 72.3 Å². The molecule has 3 aromatic rings. The Bertz CT molecular complexity index is 1190. The van der Waals surface area contributed by atoms with Crippen molar-refractivity contribution < 1.29 is 8.78 Å². The van der Waals surface area contributed by atoms with Gasteiger partial charge in [-0.05, 0) is 66.5 Å². The van der Waals surface area contributed by atoms with Gasteiger partial charge >= 0.3 is 0 Å². The number of likely N-dealkylation sites (tertiary alicyclic amines) is 1. The number of nitriles is 1. The Morgan fingerprint density at radius 3 is 1.91 bits per heavy atom. The first-order valence-electron chi connectivity index (χ1n) is 10.5.